The first-order valence-corrected chi connectivity index (χ1v) is 7.66. The summed E-state index contributed by atoms with van der Waals surface area (Å²) in [7, 11) is -0.805. The van der Waals surface area contributed by atoms with Crippen molar-refractivity contribution in [2.75, 3.05) is 0 Å². The molecule has 2 nitrogen and oxygen atoms in total. The summed E-state index contributed by atoms with van der Waals surface area (Å²) in [5.41, 5.74) is 0.203. The van der Waals surface area contributed by atoms with Crippen LogP contribution in [-0.2, 0) is 16.4 Å². The van der Waals surface area contributed by atoms with E-state index in [2.05, 4.69) is 0 Å². The molecule has 2 unspecified atom stereocenters. The van der Waals surface area contributed by atoms with Crippen molar-refractivity contribution in [2.24, 2.45) is 0 Å². The molecule has 2 atom stereocenters. The van der Waals surface area contributed by atoms with Gasteiger partial charge in [0.2, 0.25) is 0 Å². The maximum atomic E-state index is 13.6. The molecule has 0 saturated carbocycles. The molecule has 3 rings (SSSR count). The first kappa shape index (κ1) is 12.3. The summed E-state index contributed by atoms with van der Waals surface area (Å²) >= 11 is 0. The summed E-state index contributed by atoms with van der Waals surface area (Å²) < 4.78 is 25.6. The molecule has 0 radical (unpaired) electrons. The zero-order chi connectivity index (χ0) is 12.9. The van der Waals surface area contributed by atoms with Gasteiger partial charge in [0.05, 0.1) is 5.60 Å². The van der Waals surface area contributed by atoms with Gasteiger partial charge in [-0.25, -0.2) is 4.39 Å². The molecule has 2 aliphatic rings. The molecule has 2 heterocycles. The van der Waals surface area contributed by atoms with Gasteiger partial charge in [0.1, 0.15) is 5.82 Å². The van der Waals surface area contributed by atoms with Crippen molar-refractivity contribution in [1.29, 1.82) is 0 Å². The van der Waals surface area contributed by atoms with Crippen LogP contribution in [-0.4, -0.2) is 19.8 Å². The molecule has 2 aliphatic heterocycles. The topological polar surface area (TPSA) is 37.3 Å². The Kier molecular flexibility index (Phi) is 2.83. The minimum atomic E-state index is -0.994. The Labute approximate surface area is 109 Å². The lowest BCUT2D eigenvalue weighted by atomic mass is 9.83. The lowest BCUT2D eigenvalue weighted by Gasteiger charge is -2.37. The van der Waals surface area contributed by atoms with E-state index in [1.807, 2.05) is 0 Å². The van der Waals surface area contributed by atoms with Crippen LogP contribution in [0.4, 0.5) is 4.39 Å². The Morgan fingerprint density at radius 2 is 1.94 bits per heavy atom. The highest BCUT2D eigenvalue weighted by atomic mass is 32.2. The van der Waals surface area contributed by atoms with Crippen molar-refractivity contribution in [1.82, 2.24) is 0 Å². The van der Waals surface area contributed by atoms with E-state index in [-0.39, 0.29) is 16.3 Å². The predicted octanol–water partition coefficient (Wildman–Crippen LogP) is 2.40. The van der Waals surface area contributed by atoms with Crippen LogP contribution in [0.3, 0.4) is 0 Å². The van der Waals surface area contributed by atoms with Gasteiger partial charge in [-0.2, -0.15) is 0 Å². The number of rotatable bonds is 1. The molecule has 0 aliphatic carbocycles. The number of benzene rings is 1. The van der Waals surface area contributed by atoms with E-state index in [9.17, 15) is 13.7 Å². The number of fused-ring (bicyclic) bond motifs is 2. The van der Waals surface area contributed by atoms with E-state index < -0.39 is 16.4 Å². The van der Waals surface area contributed by atoms with Gasteiger partial charge in [-0.1, -0.05) is 12.1 Å². The van der Waals surface area contributed by atoms with Gasteiger partial charge in [-0.15, -0.1) is 0 Å². The molecule has 2 saturated heterocycles. The van der Waals surface area contributed by atoms with Crippen molar-refractivity contribution in [3.05, 3.63) is 35.1 Å². The second kappa shape index (κ2) is 4.14. The van der Waals surface area contributed by atoms with Gasteiger partial charge < -0.3 is 5.11 Å². The number of hydrogen-bond acceptors (Lipinski definition) is 2. The summed E-state index contributed by atoms with van der Waals surface area (Å²) in [6.45, 7) is 1.70. The van der Waals surface area contributed by atoms with E-state index in [4.69, 9.17) is 0 Å². The Morgan fingerprint density at radius 1 is 1.33 bits per heavy atom. The molecular formula is C14H17FO2S. The minimum Gasteiger partial charge on any atom is -0.385 e. The Balaban J connectivity index is 2.01. The van der Waals surface area contributed by atoms with Crippen molar-refractivity contribution < 1.29 is 13.7 Å². The second-order valence-electron chi connectivity index (χ2n) is 5.50. The van der Waals surface area contributed by atoms with Crippen molar-refractivity contribution in [2.45, 2.75) is 48.7 Å². The Morgan fingerprint density at radius 3 is 2.56 bits per heavy atom. The zero-order valence-corrected chi connectivity index (χ0v) is 11.2. The Hall–Kier alpha value is -0.740. The molecule has 0 amide bonds. The van der Waals surface area contributed by atoms with Crippen LogP contribution in [0.1, 0.15) is 36.8 Å². The third-order valence-corrected chi connectivity index (χ3v) is 6.49. The van der Waals surface area contributed by atoms with Gasteiger partial charge in [-0.05, 0) is 49.8 Å². The first-order chi connectivity index (χ1) is 8.51. The van der Waals surface area contributed by atoms with Crippen LogP contribution in [0, 0.1) is 12.7 Å². The predicted molar refractivity (Wildman–Crippen MR) is 69.2 cm³/mol. The first-order valence-electron chi connectivity index (χ1n) is 6.38. The van der Waals surface area contributed by atoms with E-state index >= 15 is 0 Å². The van der Waals surface area contributed by atoms with E-state index in [1.54, 1.807) is 19.1 Å². The van der Waals surface area contributed by atoms with Gasteiger partial charge in [-0.3, -0.25) is 4.21 Å². The highest BCUT2D eigenvalue weighted by molar-refractivity contribution is 7.86. The smallest absolute Gasteiger partial charge is 0.126 e. The molecule has 2 bridgehead atoms. The molecule has 4 heteroatoms. The Bertz CT molecular complexity index is 499. The quantitative estimate of drug-likeness (QED) is 0.849. The molecule has 1 aromatic rings. The third-order valence-electron chi connectivity index (χ3n) is 4.37. The number of aliphatic hydroxyl groups is 1. The minimum absolute atomic E-state index is 0.0800. The summed E-state index contributed by atoms with van der Waals surface area (Å²) in [6, 6.07) is 4.85. The fraction of sp³-hybridized carbons (Fsp3) is 0.571. The average molecular weight is 268 g/mol. The molecular weight excluding hydrogens is 251 g/mol. The summed E-state index contributed by atoms with van der Waals surface area (Å²) in [4.78, 5) is 0. The standard InChI is InChI=1S/C14H17FO2S/c1-9-12(3-2-4-13(9)15)14(16)7-10-5-6-11(8-14)18(10)17/h2-4,10-11,16H,5-8H2,1H3. The lowest BCUT2D eigenvalue weighted by molar-refractivity contribution is 0.0175. The molecule has 98 valence electrons. The van der Waals surface area contributed by atoms with Gasteiger partial charge in [0.15, 0.2) is 0 Å². The fourth-order valence-electron chi connectivity index (χ4n) is 3.41. The molecule has 18 heavy (non-hydrogen) atoms. The van der Waals surface area contributed by atoms with Crippen molar-refractivity contribution in [3.8, 4) is 0 Å². The van der Waals surface area contributed by atoms with Crippen LogP contribution in [0.5, 0.6) is 0 Å². The zero-order valence-electron chi connectivity index (χ0n) is 10.4. The number of halogens is 1. The van der Waals surface area contributed by atoms with E-state index in [0.29, 0.717) is 24.0 Å². The van der Waals surface area contributed by atoms with E-state index in [0.717, 1.165) is 12.8 Å². The molecule has 0 spiro atoms. The maximum absolute atomic E-state index is 13.6. The largest absolute Gasteiger partial charge is 0.385 e. The SMILES string of the molecule is Cc1c(F)cccc1C1(O)CC2CCC(C1)S2=O. The van der Waals surface area contributed by atoms with E-state index in [1.165, 1.54) is 6.07 Å². The highest BCUT2D eigenvalue weighted by Crippen LogP contribution is 2.46. The molecule has 2 fully saturated rings. The highest BCUT2D eigenvalue weighted by Gasteiger charge is 2.48. The summed E-state index contributed by atoms with van der Waals surface area (Å²) in [5, 5.41) is 11.0. The number of hydrogen-bond donors (Lipinski definition) is 1. The van der Waals surface area contributed by atoms with Crippen LogP contribution in [0.25, 0.3) is 0 Å². The van der Waals surface area contributed by atoms with Crippen LogP contribution in [0.15, 0.2) is 18.2 Å². The van der Waals surface area contributed by atoms with Gasteiger partial charge in [0, 0.05) is 21.3 Å². The van der Waals surface area contributed by atoms with Crippen molar-refractivity contribution in [3.63, 3.8) is 0 Å². The fourth-order valence-corrected chi connectivity index (χ4v) is 5.57. The van der Waals surface area contributed by atoms with Gasteiger partial charge >= 0.3 is 0 Å². The monoisotopic (exact) mass is 268 g/mol. The van der Waals surface area contributed by atoms with Crippen LogP contribution in [0.2, 0.25) is 0 Å². The van der Waals surface area contributed by atoms with Crippen LogP contribution >= 0.6 is 0 Å². The third kappa shape index (κ3) is 1.74. The second-order valence-corrected chi connectivity index (χ2v) is 7.49. The van der Waals surface area contributed by atoms with Gasteiger partial charge in [0.25, 0.3) is 0 Å². The lowest BCUT2D eigenvalue weighted by Crippen LogP contribution is -2.40. The molecule has 1 N–H and O–H groups in total. The normalized spacial score (nSPS) is 38.9. The van der Waals surface area contributed by atoms with Crippen LogP contribution < -0.4 is 0 Å². The summed E-state index contributed by atoms with van der Waals surface area (Å²) in [6.07, 6.45) is 2.85. The maximum Gasteiger partial charge on any atom is 0.126 e. The average Bonchev–Trinajstić information content (AvgIpc) is 2.57. The molecule has 1 aromatic carbocycles. The summed E-state index contributed by atoms with van der Waals surface area (Å²) in [5.74, 6) is -0.278. The molecule has 0 aromatic heterocycles. The van der Waals surface area contributed by atoms with Crippen molar-refractivity contribution >= 4 is 10.8 Å².